The lowest BCUT2D eigenvalue weighted by atomic mass is 9.65. The van der Waals surface area contributed by atoms with Crippen LogP contribution in [0.15, 0.2) is 0 Å². The maximum Gasteiger partial charge on any atom is 0.339 e. The van der Waals surface area contributed by atoms with Crippen LogP contribution < -0.4 is 4.74 Å². The van der Waals surface area contributed by atoms with Crippen molar-refractivity contribution in [3.05, 3.63) is 16.7 Å². The number of phenols is 2. The highest BCUT2D eigenvalue weighted by atomic mass is 16.6. The van der Waals surface area contributed by atoms with Crippen molar-refractivity contribution in [2.75, 3.05) is 20.3 Å². The number of carbonyl (C=O) groups is 1. The fourth-order valence-corrected chi connectivity index (χ4v) is 7.23. The number of phenolic OH excluding ortho intramolecular Hbond substituents is 2. The Morgan fingerprint density at radius 2 is 1.83 bits per heavy atom. The number of carbonyl (C=O) groups excluding carboxylic acids is 1. The molecule has 1 aromatic rings. The smallest absolute Gasteiger partial charge is 0.339 e. The summed E-state index contributed by atoms with van der Waals surface area (Å²) in [4.78, 5) is 15.5. The first-order valence-electron chi connectivity index (χ1n) is 12.1. The first kappa shape index (κ1) is 24.6. The van der Waals surface area contributed by atoms with Gasteiger partial charge < -0.3 is 39.7 Å². The van der Waals surface area contributed by atoms with E-state index in [0.717, 1.165) is 25.8 Å². The summed E-state index contributed by atoms with van der Waals surface area (Å²) in [5.74, 6) is -1.88. The van der Waals surface area contributed by atoms with E-state index in [1.807, 2.05) is 0 Å². The van der Waals surface area contributed by atoms with Crippen molar-refractivity contribution in [2.24, 2.45) is 10.8 Å². The number of fused-ring (bicyclic) bond motifs is 5. The minimum absolute atomic E-state index is 0.0222. The van der Waals surface area contributed by atoms with E-state index >= 15 is 0 Å². The summed E-state index contributed by atoms with van der Waals surface area (Å²) in [6, 6.07) is 0.271. The topological polar surface area (TPSA) is 149 Å². The van der Waals surface area contributed by atoms with Crippen LogP contribution in [0.1, 0.15) is 67.6 Å². The first-order valence-corrected chi connectivity index (χ1v) is 12.1. The highest BCUT2D eigenvalue weighted by Gasteiger charge is 2.54. The van der Waals surface area contributed by atoms with Crippen LogP contribution >= 0.6 is 0 Å². The number of hydrogen-bond donors (Lipinski definition) is 5. The lowest BCUT2D eigenvalue weighted by Gasteiger charge is -2.45. The predicted molar refractivity (Wildman–Crippen MR) is 122 cm³/mol. The van der Waals surface area contributed by atoms with Gasteiger partial charge in [0.2, 0.25) is 5.75 Å². The van der Waals surface area contributed by atoms with Gasteiger partial charge in [-0.1, -0.05) is 20.8 Å². The summed E-state index contributed by atoms with van der Waals surface area (Å²) in [7, 11) is 1.30. The Kier molecular flexibility index (Phi) is 5.76. The van der Waals surface area contributed by atoms with Crippen LogP contribution in [0.25, 0.3) is 0 Å². The van der Waals surface area contributed by atoms with Crippen molar-refractivity contribution in [3.63, 3.8) is 0 Å². The molecule has 0 aromatic heterocycles. The van der Waals surface area contributed by atoms with E-state index < -0.39 is 48.8 Å². The van der Waals surface area contributed by atoms with Crippen molar-refractivity contribution >= 4 is 5.97 Å². The van der Waals surface area contributed by atoms with Gasteiger partial charge in [0, 0.05) is 30.3 Å². The molecule has 10 nitrogen and oxygen atoms in total. The standard InChI is InChI=1S/C25H35NO9/c1-24(2)5-11-6-25(3,9-24)10-26(11)7-12-14-15(18(30)21(33-4)16(12)28)20-22(35-23(14)32)19(31)17(29)13(8-27)34-20/h11,13,17,19-20,22,27-31H,5-10H2,1-4H3/t11-,13-,17-,19+,20+,22-,25-/m1/s1. The second kappa shape index (κ2) is 8.21. The number of aliphatic hydroxyl groups excluding tert-OH is 3. The SMILES string of the molecule is COc1c(O)c(CN2C[C@]3(C)C[C@H]2CC(C)(C)C3)c2c(c1O)[C@@H]1O[C@H](CO)[C@@H](O)[C@H](O)[C@H]1OC2=O. The van der Waals surface area contributed by atoms with Crippen LogP contribution in [0.5, 0.6) is 17.2 Å². The number of esters is 1. The molecule has 7 atom stereocenters. The molecular formula is C25H35NO9. The lowest BCUT2D eigenvalue weighted by Crippen LogP contribution is -2.58. The number of aliphatic hydroxyl groups is 3. The van der Waals surface area contributed by atoms with Gasteiger partial charge in [-0.05, 0) is 30.1 Å². The molecule has 0 spiro atoms. The highest BCUT2D eigenvalue weighted by molar-refractivity contribution is 5.97. The quantitative estimate of drug-likeness (QED) is 0.387. The maximum atomic E-state index is 13.2. The molecule has 2 saturated heterocycles. The van der Waals surface area contributed by atoms with Crippen LogP contribution in [-0.2, 0) is 16.0 Å². The molecule has 0 amide bonds. The number of rotatable bonds is 4. The van der Waals surface area contributed by atoms with Crippen LogP contribution in [0.2, 0.25) is 0 Å². The molecule has 1 aromatic carbocycles. The number of aromatic hydroxyl groups is 2. The van der Waals surface area contributed by atoms with E-state index in [1.165, 1.54) is 7.11 Å². The fraction of sp³-hybridized carbons (Fsp3) is 0.720. The molecular weight excluding hydrogens is 458 g/mol. The van der Waals surface area contributed by atoms with E-state index in [4.69, 9.17) is 14.2 Å². The third kappa shape index (κ3) is 3.77. The number of benzene rings is 1. The van der Waals surface area contributed by atoms with Crippen molar-refractivity contribution in [1.29, 1.82) is 0 Å². The summed E-state index contributed by atoms with van der Waals surface area (Å²) in [5.41, 5.74) is 0.549. The van der Waals surface area contributed by atoms with Gasteiger partial charge in [-0.3, -0.25) is 4.90 Å². The zero-order chi connectivity index (χ0) is 25.4. The monoisotopic (exact) mass is 493 g/mol. The molecule has 1 saturated carbocycles. The lowest BCUT2D eigenvalue weighted by molar-refractivity contribution is -0.235. The zero-order valence-electron chi connectivity index (χ0n) is 20.5. The van der Waals surface area contributed by atoms with E-state index in [1.54, 1.807) is 0 Å². The average Bonchev–Trinajstić information content (AvgIpc) is 3.01. The molecule has 3 heterocycles. The number of nitrogens with zero attached hydrogens (tertiary/aromatic N) is 1. The molecule has 3 aliphatic heterocycles. The van der Waals surface area contributed by atoms with Crippen LogP contribution in [0.3, 0.4) is 0 Å². The molecule has 5 N–H and O–H groups in total. The minimum atomic E-state index is -1.54. The van der Waals surface area contributed by atoms with E-state index in [9.17, 15) is 30.3 Å². The van der Waals surface area contributed by atoms with Crippen molar-refractivity contribution in [1.82, 2.24) is 4.90 Å². The number of ether oxygens (including phenoxy) is 3. The Hall–Kier alpha value is -2.11. The number of methoxy groups -OCH3 is 1. The maximum absolute atomic E-state index is 13.2. The summed E-state index contributed by atoms with van der Waals surface area (Å²) >= 11 is 0. The Balaban J connectivity index is 1.60. The fourth-order valence-electron chi connectivity index (χ4n) is 7.23. The van der Waals surface area contributed by atoms with Gasteiger partial charge in [-0.2, -0.15) is 0 Å². The first-order chi connectivity index (χ1) is 16.4. The Labute approximate surface area is 204 Å². The van der Waals surface area contributed by atoms with Crippen molar-refractivity contribution in [3.8, 4) is 17.2 Å². The average molecular weight is 494 g/mol. The third-order valence-electron chi connectivity index (χ3n) is 8.23. The molecule has 0 unspecified atom stereocenters. The summed E-state index contributed by atoms with van der Waals surface area (Å²) in [6.45, 7) is 7.25. The van der Waals surface area contributed by atoms with Gasteiger partial charge in [0.25, 0.3) is 0 Å². The Morgan fingerprint density at radius 1 is 1.11 bits per heavy atom. The molecule has 2 bridgehead atoms. The van der Waals surface area contributed by atoms with Crippen LogP contribution in [0.4, 0.5) is 0 Å². The summed E-state index contributed by atoms with van der Waals surface area (Å²) < 4.78 is 16.6. The van der Waals surface area contributed by atoms with Gasteiger partial charge in [0.1, 0.15) is 24.4 Å². The third-order valence-corrected chi connectivity index (χ3v) is 8.23. The van der Waals surface area contributed by atoms with Gasteiger partial charge in [-0.25, -0.2) is 4.79 Å². The molecule has 0 radical (unpaired) electrons. The second-order valence-electron chi connectivity index (χ2n) is 11.7. The van der Waals surface area contributed by atoms with Gasteiger partial charge in [0.15, 0.2) is 17.6 Å². The molecule has 194 valence electrons. The van der Waals surface area contributed by atoms with Crippen LogP contribution in [-0.4, -0.2) is 87.1 Å². The summed E-state index contributed by atoms with van der Waals surface area (Å²) in [6.07, 6.45) is -3.55. The molecule has 4 aliphatic rings. The van der Waals surface area contributed by atoms with Gasteiger partial charge >= 0.3 is 5.97 Å². The second-order valence-corrected chi connectivity index (χ2v) is 11.7. The van der Waals surface area contributed by atoms with Crippen LogP contribution in [0, 0.1) is 10.8 Å². The summed E-state index contributed by atoms with van der Waals surface area (Å²) in [5, 5.41) is 52.6. The minimum Gasteiger partial charge on any atom is -0.504 e. The molecule has 1 aliphatic carbocycles. The molecule has 35 heavy (non-hydrogen) atoms. The van der Waals surface area contributed by atoms with Gasteiger partial charge in [0.05, 0.1) is 19.3 Å². The van der Waals surface area contributed by atoms with Crippen molar-refractivity contribution in [2.45, 2.75) is 83.1 Å². The molecule has 3 fully saturated rings. The normalized spacial score (nSPS) is 38.0. The predicted octanol–water partition coefficient (Wildman–Crippen LogP) is 1.20. The Bertz CT molecular complexity index is 1040. The van der Waals surface area contributed by atoms with Crippen molar-refractivity contribution < 1.29 is 44.5 Å². The Morgan fingerprint density at radius 3 is 2.49 bits per heavy atom. The number of hydrogen-bond acceptors (Lipinski definition) is 10. The highest BCUT2D eigenvalue weighted by Crippen LogP contribution is 2.55. The van der Waals surface area contributed by atoms with E-state index in [0.29, 0.717) is 0 Å². The number of likely N-dealkylation sites (tertiary alicyclic amines) is 1. The van der Waals surface area contributed by atoms with Gasteiger partial charge in [-0.15, -0.1) is 0 Å². The molecule has 10 heteroatoms. The van der Waals surface area contributed by atoms with E-state index in [-0.39, 0.29) is 51.6 Å². The molecule has 5 rings (SSSR count). The largest absolute Gasteiger partial charge is 0.504 e. The van der Waals surface area contributed by atoms with E-state index in [2.05, 4.69) is 25.7 Å². The zero-order valence-corrected chi connectivity index (χ0v) is 20.5.